The minimum absolute atomic E-state index is 0.0710. The molecule has 3 heteroatoms. The van der Waals surface area contributed by atoms with Crippen molar-refractivity contribution < 1.29 is 4.79 Å². The molecule has 2 aromatic carbocycles. The molecule has 0 aliphatic heterocycles. The lowest BCUT2D eigenvalue weighted by atomic mass is 10.1. The quantitative estimate of drug-likeness (QED) is 0.589. The average Bonchev–Trinajstić information content (AvgIpc) is 2.34. The fourth-order valence-corrected chi connectivity index (χ4v) is 1.66. The summed E-state index contributed by atoms with van der Waals surface area (Å²) in [5.41, 5.74) is 7.41. The molecule has 2 rings (SSSR count). The van der Waals surface area contributed by atoms with E-state index in [-0.39, 0.29) is 5.91 Å². The maximum Gasteiger partial charge on any atom is 0.217 e. The number of anilines is 1. The second-order valence-electron chi connectivity index (χ2n) is 4.03. The molecule has 0 aliphatic carbocycles. The molecule has 2 aromatic rings. The molecule has 0 heterocycles. The maximum atomic E-state index is 10.7. The summed E-state index contributed by atoms with van der Waals surface area (Å²) in [6.07, 6.45) is 0. The minimum Gasteiger partial charge on any atom is -0.399 e. The van der Waals surface area contributed by atoms with Crippen LogP contribution in [0.5, 0.6) is 0 Å². The van der Waals surface area contributed by atoms with Gasteiger partial charge in [-0.2, -0.15) is 0 Å². The molecule has 0 aliphatic rings. The van der Waals surface area contributed by atoms with Crippen LogP contribution in [0.3, 0.4) is 0 Å². The second kappa shape index (κ2) is 5.24. The van der Waals surface area contributed by atoms with Gasteiger partial charge in [-0.05, 0) is 35.0 Å². The van der Waals surface area contributed by atoms with Crippen LogP contribution in [0.25, 0.3) is 10.8 Å². The number of nitrogen functional groups attached to an aromatic ring is 1. The molecule has 0 atom stereocenters. The Morgan fingerprint density at radius 1 is 1.22 bits per heavy atom. The van der Waals surface area contributed by atoms with Gasteiger partial charge >= 0.3 is 0 Å². The molecule has 3 N–H and O–H groups in total. The standard InChI is InChI=1S/C15H14N2O/c1-11(18)17-8-2-3-12-4-5-14-10-15(16)7-6-13(14)9-12/h4-7,9-10H,8,16H2,1H3,(H,17,18). The highest BCUT2D eigenvalue weighted by molar-refractivity contribution is 5.86. The third kappa shape index (κ3) is 3.02. The van der Waals surface area contributed by atoms with E-state index in [1.165, 1.54) is 6.92 Å². The summed E-state index contributed by atoms with van der Waals surface area (Å²) in [4.78, 5) is 10.7. The number of fused-ring (bicyclic) bond motifs is 1. The molecule has 0 spiro atoms. The summed E-state index contributed by atoms with van der Waals surface area (Å²) in [5, 5.41) is 4.84. The van der Waals surface area contributed by atoms with Crippen molar-refractivity contribution in [3.63, 3.8) is 0 Å². The lowest BCUT2D eigenvalue weighted by molar-refractivity contribution is -0.118. The van der Waals surface area contributed by atoms with Crippen LogP contribution in [0.15, 0.2) is 36.4 Å². The number of rotatable bonds is 1. The Kier molecular flexibility index (Phi) is 3.49. The number of carbonyl (C=O) groups is 1. The van der Waals surface area contributed by atoms with E-state index in [4.69, 9.17) is 5.73 Å². The molecule has 0 radical (unpaired) electrons. The summed E-state index contributed by atoms with van der Waals surface area (Å²) in [5.74, 6) is 5.84. The van der Waals surface area contributed by atoms with Gasteiger partial charge in [0.2, 0.25) is 5.91 Å². The zero-order valence-electron chi connectivity index (χ0n) is 10.2. The third-order valence-corrected chi connectivity index (χ3v) is 2.52. The summed E-state index contributed by atoms with van der Waals surface area (Å²) in [6.45, 7) is 1.84. The van der Waals surface area contributed by atoms with E-state index >= 15 is 0 Å². The normalized spacial score (nSPS) is 9.61. The van der Waals surface area contributed by atoms with Crippen molar-refractivity contribution in [3.8, 4) is 11.8 Å². The van der Waals surface area contributed by atoms with Gasteiger partial charge in [-0.3, -0.25) is 4.79 Å². The molecule has 3 nitrogen and oxygen atoms in total. The van der Waals surface area contributed by atoms with Crippen LogP contribution in [0.2, 0.25) is 0 Å². The van der Waals surface area contributed by atoms with E-state index < -0.39 is 0 Å². The van der Waals surface area contributed by atoms with Crippen LogP contribution in [0.1, 0.15) is 12.5 Å². The first-order chi connectivity index (χ1) is 8.65. The fraction of sp³-hybridized carbons (Fsp3) is 0.133. The molecule has 18 heavy (non-hydrogen) atoms. The van der Waals surface area contributed by atoms with Crippen molar-refractivity contribution in [1.29, 1.82) is 0 Å². The maximum absolute atomic E-state index is 10.7. The minimum atomic E-state index is -0.0710. The Labute approximate surface area is 106 Å². The topological polar surface area (TPSA) is 55.1 Å². The molecule has 90 valence electrons. The van der Waals surface area contributed by atoms with Gasteiger partial charge in [0, 0.05) is 18.2 Å². The van der Waals surface area contributed by atoms with Gasteiger partial charge < -0.3 is 11.1 Å². The van der Waals surface area contributed by atoms with Crippen molar-refractivity contribution in [2.75, 3.05) is 12.3 Å². The van der Waals surface area contributed by atoms with Crippen LogP contribution in [-0.4, -0.2) is 12.5 Å². The number of amides is 1. The monoisotopic (exact) mass is 238 g/mol. The Hall–Kier alpha value is -2.47. The first-order valence-corrected chi connectivity index (χ1v) is 5.68. The van der Waals surface area contributed by atoms with E-state index in [2.05, 4.69) is 17.2 Å². The molecule has 0 bridgehead atoms. The summed E-state index contributed by atoms with van der Waals surface area (Å²) in [7, 11) is 0. The largest absolute Gasteiger partial charge is 0.399 e. The Morgan fingerprint density at radius 3 is 2.72 bits per heavy atom. The fourth-order valence-electron chi connectivity index (χ4n) is 1.66. The summed E-state index contributed by atoms with van der Waals surface area (Å²) in [6, 6.07) is 11.7. The van der Waals surface area contributed by atoms with Crippen LogP contribution < -0.4 is 11.1 Å². The molecule has 0 fully saturated rings. The molecule has 0 saturated heterocycles. The van der Waals surface area contributed by atoms with E-state index in [9.17, 15) is 4.79 Å². The summed E-state index contributed by atoms with van der Waals surface area (Å²) < 4.78 is 0. The van der Waals surface area contributed by atoms with Crippen molar-refractivity contribution in [2.45, 2.75) is 6.92 Å². The van der Waals surface area contributed by atoms with Gasteiger partial charge in [0.1, 0.15) is 0 Å². The number of carbonyl (C=O) groups excluding carboxylic acids is 1. The zero-order chi connectivity index (χ0) is 13.0. The highest BCUT2D eigenvalue weighted by atomic mass is 16.1. The van der Waals surface area contributed by atoms with Crippen molar-refractivity contribution >= 4 is 22.4 Å². The van der Waals surface area contributed by atoms with E-state index in [0.29, 0.717) is 6.54 Å². The van der Waals surface area contributed by atoms with Gasteiger partial charge in [-0.1, -0.05) is 24.0 Å². The first-order valence-electron chi connectivity index (χ1n) is 5.68. The number of hydrogen-bond acceptors (Lipinski definition) is 2. The molecular formula is C15H14N2O. The van der Waals surface area contributed by atoms with Crippen LogP contribution >= 0.6 is 0 Å². The lowest BCUT2D eigenvalue weighted by Crippen LogP contribution is -2.19. The molecule has 0 saturated carbocycles. The van der Waals surface area contributed by atoms with Gasteiger partial charge in [0.15, 0.2) is 0 Å². The van der Waals surface area contributed by atoms with Crippen molar-refractivity contribution in [1.82, 2.24) is 5.32 Å². The number of nitrogens with one attached hydrogen (secondary N) is 1. The number of hydrogen-bond donors (Lipinski definition) is 2. The SMILES string of the molecule is CC(=O)NCC#Cc1ccc2cc(N)ccc2c1. The number of benzene rings is 2. The zero-order valence-corrected chi connectivity index (χ0v) is 10.2. The lowest BCUT2D eigenvalue weighted by Gasteiger charge is -2.00. The van der Waals surface area contributed by atoms with Crippen molar-refractivity contribution in [2.24, 2.45) is 0 Å². The van der Waals surface area contributed by atoms with E-state index in [0.717, 1.165) is 22.0 Å². The van der Waals surface area contributed by atoms with Gasteiger partial charge in [0.25, 0.3) is 0 Å². The highest BCUT2D eigenvalue weighted by Crippen LogP contribution is 2.18. The third-order valence-electron chi connectivity index (χ3n) is 2.52. The Bertz CT molecular complexity index is 650. The molecule has 0 aromatic heterocycles. The first kappa shape index (κ1) is 12.0. The number of nitrogens with two attached hydrogens (primary N) is 1. The van der Waals surface area contributed by atoms with Gasteiger partial charge in [0.05, 0.1) is 6.54 Å². The van der Waals surface area contributed by atoms with E-state index in [1.807, 2.05) is 36.4 Å². The van der Waals surface area contributed by atoms with Crippen LogP contribution in [0, 0.1) is 11.8 Å². The Morgan fingerprint density at radius 2 is 1.94 bits per heavy atom. The smallest absolute Gasteiger partial charge is 0.217 e. The Balaban J connectivity index is 2.20. The molecule has 1 amide bonds. The van der Waals surface area contributed by atoms with Gasteiger partial charge in [-0.25, -0.2) is 0 Å². The predicted molar refractivity (Wildman–Crippen MR) is 73.9 cm³/mol. The highest BCUT2D eigenvalue weighted by Gasteiger charge is 1.95. The molecule has 0 unspecified atom stereocenters. The van der Waals surface area contributed by atoms with Crippen LogP contribution in [0.4, 0.5) is 5.69 Å². The van der Waals surface area contributed by atoms with Crippen LogP contribution in [-0.2, 0) is 4.79 Å². The van der Waals surface area contributed by atoms with E-state index in [1.54, 1.807) is 0 Å². The summed E-state index contributed by atoms with van der Waals surface area (Å²) >= 11 is 0. The predicted octanol–water partition coefficient (Wildman–Crippen LogP) is 1.91. The van der Waals surface area contributed by atoms with Gasteiger partial charge in [-0.15, -0.1) is 0 Å². The average molecular weight is 238 g/mol. The van der Waals surface area contributed by atoms with Crippen molar-refractivity contribution in [3.05, 3.63) is 42.0 Å². The molecular weight excluding hydrogens is 224 g/mol. The second-order valence-corrected chi connectivity index (χ2v) is 4.03.